The number of phenols is 1. The second kappa shape index (κ2) is 6.65. The van der Waals surface area contributed by atoms with Gasteiger partial charge in [-0.25, -0.2) is 0 Å². The van der Waals surface area contributed by atoms with Crippen molar-refractivity contribution in [3.05, 3.63) is 53.6 Å². The number of rotatable bonds is 3. The zero-order valence-corrected chi connectivity index (χ0v) is 16.7. The van der Waals surface area contributed by atoms with Gasteiger partial charge in [-0.3, -0.25) is 0 Å². The van der Waals surface area contributed by atoms with Crippen LogP contribution >= 0.6 is 0 Å². The molecule has 2 N–H and O–H groups in total. The molecule has 1 heterocycles. The van der Waals surface area contributed by atoms with Gasteiger partial charge in [0.1, 0.15) is 17.1 Å². The lowest BCUT2D eigenvalue weighted by molar-refractivity contribution is 0.0807. The van der Waals surface area contributed by atoms with Gasteiger partial charge in [0.25, 0.3) is 0 Å². The van der Waals surface area contributed by atoms with Crippen molar-refractivity contribution in [3.63, 3.8) is 0 Å². The zero-order chi connectivity index (χ0) is 20.2. The topological polar surface area (TPSA) is 62.2 Å². The molecule has 0 saturated carbocycles. The fraction of sp³-hybridized carbons (Fsp3) is 0.333. The minimum atomic E-state index is -1.15. The van der Waals surface area contributed by atoms with Gasteiger partial charge in [0.05, 0.1) is 26.0 Å². The fourth-order valence-electron chi connectivity index (χ4n) is 4.90. The minimum absolute atomic E-state index is 0.194. The van der Waals surface area contributed by atoms with Crippen LogP contribution in [0.3, 0.4) is 0 Å². The third kappa shape index (κ3) is 2.47. The number of nitrogens with zero attached hydrogens (tertiary/aromatic N) is 1. The number of benzene rings is 3. The molecule has 5 rings (SSSR count). The van der Waals surface area contributed by atoms with Crippen LogP contribution in [0.2, 0.25) is 0 Å². The fourth-order valence-corrected chi connectivity index (χ4v) is 4.90. The Morgan fingerprint density at radius 3 is 2.59 bits per heavy atom. The Balaban J connectivity index is 1.93. The quantitative estimate of drug-likeness (QED) is 0.706. The molecule has 1 atom stereocenters. The standard InChI is InChI=1S/C24H25NO4/c1-3-24(27)19-7-5-4-6-17(19)20-16-9-8-15(28-2)14-18(16)23(26)22(21(20)24)25-10-12-29-13-11-25/h4-9,14,26-27H,3,10-13H2,1-2H3. The van der Waals surface area contributed by atoms with E-state index >= 15 is 0 Å². The van der Waals surface area contributed by atoms with Gasteiger partial charge in [0.2, 0.25) is 0 Å². The van der Waals surface area contributed by atoms with Gasteiger partial charge in [0.15, 0.2) is 0 Å². The van der Waals surface area contributed by atoms with Gasteiger partial charge in [-0.2, -0.15) is 0 Å². The number of methoxy groups -OCH3 is 1. The van der Waals surface area contributed by atoms with Gasteiger partial charge in [-0.1, -0.05) is 31.2 Å². The zero-order valence-electron chi connectivity index (χ0n) is 16.7. The number of aliphatic hydroxyl groups is 1. The number of ether oxygens (including phenoxy) is 2. The van der Waals surface area contributed by atoms with E-state index in [1.165, 1.54) is 0 Å². The number of morpholine rings is 1. The first kappa shape index (κ1) is 18.3. The molecule has 1 aliphatic heterocycles. The van der Waals surface area contributed by atoms with E-state index in [1.54, 1.807) is 7.11 Å². The third-order valence-electron chi connectivity index (χ3n) is 6.36. The summed E-state index contributed by atoms with van der Waals surface area (Å²) in [5.74, 6) is 0.886. The van der Waals surface area contributed by atoms with Crippen LogP contribution in [0.15, 0.2) is 42.5 Å². The Bertz CT molecular complexity index is 1100. The van der Waals surface area contributed by atoms with Crippen molar-refractivity contribution in [2.75, 3.05) is 38.3 Å². The minimum Gasteiger partial charge on any atom is -0.505 e. The number of hydrogen-bond acceptors (Lipinski definition) is 5. The Labute approximate surface area is 170 Å². The summed E-state index contributed by atoms with van der Waals surface area (Å²) < 4.78 is 11.0. The molecule has 1 aliphatic carbocycles. The maximum absolute atomic E-state index is 11.9. The summed E-state index contributed by atoms with van der Waals surface area (Å²) in [6.45, 7) is 4.53. The lowest BCUT2D eigenvalue weighted by Crippen LogP contribution is -2.38. The van der Waals surface area contributed by atoms with E-state index < -0.39 is 5.60 Å². The Hall–Kier alpha value is -2.76. The molecule has 3 aromatic rings. The average Bonchev–Trinajstić information content (AvgIpc) is 3.04. The molecule has 0 bridgehead atoms. The summed E-state index contributed by atoms with van der Waals surface area (Å²) in [6.07, 6.45) is 0.523. The van der Waals surface area contributed by atoms with Crippen molar-refractivity contribution in [1.82, 2.24) is 0 Å². The lowest BCUT2D eigenvalue weighted by atomic mass is 9.85. The first-order valence-corrected chi connectivity index (χ1v) is 10.1. The number of hydrogen-bond donors (Lipinski definition) is 2. The van der Waals surface area contributed by atoms with Gasteiger partial charge in [-0.15, -0.1) is 0 Å². The van der Waals surface area contributed by atoms with Crippen molar-refractivity contribution in [1.29, 1.82) is 0 Å². The van der Waals surface area contributed by atoms with Crippen LogP contribution < -0.4 is 9.64 Å². The lowest BCUT2D eigenvalue weighted by Gasteiger charge is -2.35. The van der Waals surface area contributed by atoms with Crippen molar-refractivity contribution in [2.24, 2.45) is 0 Å². The van der Waals surface area contributed by atoms with Gasteiger partial charge in [0, 0.05) is 24.0 Å². The molecule has 1 fully saturated rings. The maximum atomic E-state index is 11.9. The van der Waals surface area contributed by atoms with E-state index in [0.29, 0.717) is 44.2 Å². The molecule has 150 valence electrons. The Kier molecular flexibility index (Phi) is 4.19. The van der Waals surface area contributed by atoms with Crippen LogP contribution in [-0.4, -0.2) is 43.6 Å². The first-order valence-electron chi connectivity index (χ1n) is 10.1. The van der Waals surface area contributed by atoms with Crippen LogP contribution in [-0.2, 0) is 10.3 Å². The van der Waals surface area contributed by atoms with E-state index in [1.807, 2.05) is 43.3 Å². The highest BCUT2D eigenvalue weighted by molar-refractivity contribution is 6.10. The predicted molar refractivity (Wildman–Crippen MR) is 114 cm³/mol. The molecule has 1 unspecified atom stereocenters. The second-order valence-electron chi connectivity index (χ2n) is 7.72. The van der Waals surface area contributed by atoms with Crippen molar-refractivity contribution in [3.8, 4) is 22.6 Å². The van der Waals surface area contributed by atoms with Gasteiger partial charge >= 0.3 is 0 Å². The summed E-state index contributed by atoms with van der Waals surface area (Å²) in [7, 11) is 1.62. The first-order chi connectivity index (χ1) is 14.1. The Morgan fingerprint density at radius 1 is 1.10 bits per heavy atom. The Morgan fingerprint density at radius 2 is 1.86 bits per heavy atom. The molecular weight excluding hydrogens is 366 g/mol. The van der Waals surface area contributed by atoms with Crippen molar-refractivity contribution >= 4 is 16.5 Å². The molecule has 1 saturated heterocycles. The molecule has 0 spiro atoms. The van der Waals surface area contributed by atoms with E-state index in [0.717, 1.165) is 33.0 Å². The SMILES string of the molecule is CCC1(O)c2ccccc2-c2c1c(N1CCOCC1)c(O)c1cc(OC)ccc21. The summed E-state index contributed by atoms with van der Waals surface area (Å²) in [4.78, 5) is 2.14. The largest absolute Gasteiger partial charge is 0.505 e. The average molecular weight is 391 g/mol. The number of fused-ring (bicyclic) bond motifs is 5. The maximum Gasteiger partial charge on any atom is 0.147 e. The molecule has 5 nitrogen and oxygen atoms in total. The monoisotopic (exact) mass is 391 g/mol. The number of aromatic hydroxyl groups is 1. The van der Waals surface area contributed by atoms with Crippen LogP contribution in [0, 0.1) is 0 Å². The smallest absolute Gasteiger partial charge is 0.147 e. The second-order valence-corrected chi connectivity index (χ2v) is 7.72. The third-order valence-corrected chi connectivity index (χ3v) is 6.36. The highest BCUT2D eigenvalue weighted by atomic mass is 16.5. The van der Waals surface area contributed by atoms with Crippen LogP contribution in [0.1, 0.15) is 24.5 Å². The molecule has 0 amide bonds. The van der Waals surface area contributed by atoms with Crippen LogP contribution in [0.4, 0.5) is 5.69 Å². The summed E-state index contributed by atoms with van der Waals surface area (Å²) in [5, 5.41) is 25.0. The molecule has 5 heteroatoms. The molecule has 0 aromatic heterocycles. The van der Waals surface area contributed by atoms with E-state index in [2.05, 4.69) is 11.0 Å². The van der Waals surface area contributed by atoms with Gasteiger partial charge < -0.3 is 24.6 Å². The van der Waals surface area contributed by atoms with Gasteiger partial charge in [-0.05, 0) is 46.7 Å². The van der Waals surface area contributed by atoms with Crippen molar-refractivity contribution < 1.29 is 19.7 Å². The summed E-state index contributed by atoms with van der Waals surface area (Å²) in [5.41, 5.74) is 3.29. The van der Waals surface area contributed by atoms with E-state index in [9.17, 15) is 10.2 Å². The van der Waals surface area contributed by atoms with Crippen molar-refractivity contribution in [2.45, 2.75) is 18.9 Å². The molecule has 3 aromatic carbocycles. The van der Waals surface area contributed by atoms with E-state index in [-0.39, 0.29) is 5.75 Å². The number of phenolic OH excluding ortho intramolecular Hbond substituents is 1. The normalized spacial score (nSPS) is 20.6. The summed E-state index contributed by atoms with van der Waals surface area (Å²) in [6, 6.07) is 13.8. The van der Waals surface area contributed by atoms with Crippen LogP contribution in [0.25, 0.3) is 21.9 Å². The van der Waals surface area contributed by atoms with Crippen LogP contribution in [0.5, 0.6) is 11.5 Å². The molecule has 0 radical (unpaired) electrons. The predicted octanol–water partition coefficient (Wildman–Crippen LogP) is 4.02. The molecular formula is C24H25NO4. The van der Waals surface area contributed by atoms with E-state index in [4.69, 9.17) is 9.47 Å². The number of anilines is 1. The molecule has 2 aliphatic rings. The highest BCUT2D eigenvalue weighted by Crippen LogP contribution is 2.58. The summed E-state index contributed by atoms with van der Waals surface area (Å²) >= 11 is 0. The highest BCUT2D eigenvalue weighted by Gasteiger charge is 2.45. The molecule has 29 heavy (non-hydrogen) atoms.